The molecule has 0 amide bonds. The van der Waals surface area contributed by atoms with Crippen LogP contribution < -0.4 is 5.73 Å². The van der Waals surface area contributed by atoms with Gasteiger partial charge < -0.3 is 15.6 Å². The zero-order chi connectivity index (χ0) is 8.41. The van der Waals surface area contributed by atoms with Crippen molar-refractivity contribution in [2.75, 3.05) is 6.54 Å². The van der Waals surface area contributed by atoms with Gasteiger partial charge in [-0.2, -0.15) is 0 Å². The van der Waals surface area contributed by atoms with Crippen LogP contribution in [-0.2, 0) is 9.59 Å². The largest absolute Gasteiger partial charge is 0.481 e. The Hall–Kier alpha value is -0.900. The molecule has 10 heavy (non-hydrogen) atoms. The smallest absolute Gasteiger partial charge is 0.303 e. The fourth-order valence-corrected chi connectivity index (χ4v) is 0.182. The molecule has 0 bridgehead atoms. The minimum atomic E-state index is -0.924. The molecule has 0 rings (SSSR count). The summed E-state index contributed by atoms with van der Waals surface area (Å²) in [5, 5.41) is 7.89. The van der Waals surface area contributed by atoms with E-state index in [1.807, 2.05) is 6.92 Å². The van der Waals surface area contributed by atoms with Crippen molar-refractivity contribution in [2.24, 2.45) is 5.73 Å². The maximum Gasteiger partial charge on any atom is 0.303 e. The van der Waals surface area contributed by atoms with E-state index >= 15 is 0 Å². The minimum Gasteiger partial charge on any atom is -0.481 e. The normalized spacial score (nSPS) is 7.40. The van der Waals surface area contributed by atoms with Gasteiger partial charge in [-0.3, -0.25) is 4.79 Å². The van der Waals surface area contributed by atoms with Gasteiger partial charge >= 0.3 is 5.97 Å². The molecule has 3 N–H and O–H groups in total. The molecule has 0 aliphatic heterocycles. The number of hydrogen-bond acceptors (Lipinski definition) is 3. The number of aliphatic carboxylic acids is 1. The van der Waals surface area contributed by atoms with Crippen molar-refractivity contribution in [3.63, 3.8) is 0 Å². The zero-order valence-electron chi connectivity index (χ0n) is 6.04. The number of aldehydes is 1. The van der Waals surface area contributed by atoms with Crippen LogP contribution in [0.1, 0.15) is 19.8 Å². The maximum absolute atomic E-state index is 9.60. The van der Waals surface area contributed by atoms with Crippen LogP contribution in [0.25, 0.3) is 0 Å². The summed E-state index contributed by atoms with van der Waals surface area (Å²) in [6, 6.07) is 0. The number of hydrogen-bond donors (Lipinski definition) is 2. The van der Waals surface area contributed by atoms with Crippen molar-refractivity contribution in [3.8, 4) is 0 Å². The van der Waals surface area contributed by atoms with Gasteiger partial charge in [0, 0.05) is 6.42 Å². The number of carboxylic acids is 1. The molecule has 4 nitrogen and oxygen atoms in total. The summed E-state index contributed by atoms with van der Waals surface area (Å²) in [6.45, 7) is 2.65. The third-order valence-corrected chi connectivity index (χ3v) is 0.476. The van der Waals surface area contributed by atoms with Gasteiger partial charge in [0.25, 0.3) is 0 Å². The van der Waals surface area contributed by atoms with Gasteiger partial charge in [0.1, 0.15) is 6.29 Å². The first-order valence-corrected chi connectivity index (χ1v) is 3.04. The first kappa shape index (κ1) is 11.8. The predicted octanol–water partition coefficient (Wildman–Crippen LogP) is 0.0151. The fourth-order valence-electron chi connectivity index (χ4n) is 0.182. The summed E-state index contributed by atoms with van der Waals surface area (Å²) >= 11 is 0. The average Bonchev–Trinajstić information content (AvgIpc) is 1.85. The molecule has 0 saturated carbocycles. The van der Waals surface area contributed by atoms with Gasteiger partial charge in [-0.25, -0.2) is 0 Å². The summed E-state index contributed by atoms with van der Waals surface area (Å²) in [5.74, 6) is -0.924. The molecule has 0 aromatic carbocycles. The van der Waals surface area contributed by atoms with E-state index in [1.165, 1.54) is 0 Å². The third kappa shape index (κ3) is 27.5. The van der Waals surface area contributed by atoms with Crippen LogP contribution in [0.15, 0.2) is 0 Å². The average molecular weight is 147 g/mol. The second kappa shape index (κ2) is 11.0. The Bertz CT molecular complexity index is 93.0. The Labute approximate surface area is 60.0 Å². The topological polar surface area (TPSA) is 80.4 Å². The van der Waals surface area contributed by atoms with Crippen molar-refractivity contribution < 1.29 is 14.7 Å². The van der Waals surface area contributed by atoms with Gasteiger partial charge in [0.05, 0.1) is 6.42 Å². The van der Waals surface area contributed by atoms with Crippen LogP contribution in [0.2, 0.25) is 0 Å². The number of rotatable bonds is 3. The van der Waals surface area contributed by atoms with Gasteiger partial charge in [-0.05, 0) is 6.54 Å². The number of nitrogens with two attached hydrogens (primary N) is 1. The lowest BCUT2D eigenvalue weighted by atomic mass is 10.3. The lowest BCUT2D eigenvalue weighted by Gasteiger charge is -1.79. The number of carbonyl (C=O) groups is 2. The molecule has 60 valence electrons. The Morgan fingerprint density at radius 1 is 1.70 bits per heavy atom. The van der Waals surface area contributed by atoms with Crippen LogP contribution in [0, 0.1) is 0 Å². The van der Waals surface area contributed by atoms with E-state index in [2.05, 4.69) is 0 Å². The Morgan fingerprint density at radius 3 is 2.20 bits per heavy atom. The molecule has 0 unspecified atom stereocenters. The Kier molecular flexibility index (Phi) is 13.0. The van der Waals surface area contributed by atoms with Crippen LogP contribution in [-0.4, -0.2) is 23.9 Å². The van der Waals surface area contributed by atoms with Crippen LogP contribution >= 0.6 is 0 Å². The van der Waals surface area contributed by atoms with E-state index in [9.17, 15) is 9.59 Å². The molecule has 0 heterocycles. The molecule has 0 saturated heterocycles. The lowest BCUT2D eigenvalue weighted by Crippen LogP contribution is -1.93. The molecular formula is C6H13NO3. The molecule has 0 radical (unpaired) electrons. The highest BCUT2D eigenvalue weighted by Crippen LogP contribution is 1.80. The molecule has 0 aliphatic rings. The van der Waals surface area contributed by atoms with Gasteiger partial charge in [-0.15, -0.1) is 0 Å². The zero-order valence-corrected chi connectivity index (χ0v) is 6.04. The first-order valence-electron chi connectivity index (χ1n) is 3.04. The summed E-state index contributed by atoms with van der Waals surface area (Å²) < 4.78 is 0. The standard InChI is InChI=1S/C4H6O3.C2H7N/c5-3-1-2-4(6)7;1-2-3/h3H,1-2H2,(H,6,7);2-3H2,1H3. The molecule has 0 atom stereocenters. The van der Waals surface area contributed by atoms with Crippen molar-refractivity contribution in [1.29, 1.82) is 0 Å². The van der Waals surface area contributed by atoms with Crippen LogP contribution in [0.3, 0.4) is 0 Å². The van der Waals surface area contributed by atoms with E-state index in [4.69, 9.17) is 10.8 Å². The summed E-state index contributed by atoms with van der Waals surface area (Å²) in [4.78, 5) is 19.0. The van der Waals surface area contributed by atoms with Crippen LogP contribution in [0.4, 0.5) is 0 Å². The number of carboxylic acid groups (broad SMARTS) is 1. The van der Waals surface area contributed by atoms with Gasteiger partial charge in [0.15, 0.2) is 0 Å². The molecule has 0 aromatic rings. The molecule has 0 spiro atoms. The van der Waals surface area contributed by atoms with E-state index < -0.39 is 5.97 Å². The number of carbonyl (C=O) groups excluding carboxylic acids is 1. The monoisotopic (exact) mass is 147 g/mol. The van der Waals surface area contributed by atoms with E-state index in [1.54, 1.807) is 0 Å². The second-order valence-electron chi connectivity index (χ2n) is 1.51. The second-order valence-corrected chi connectivity index (χ2v) is 1.51. The molecule has 0 aliphatic carbocycles. The fraction of sp³-hybridized carbons (Fsp3) is 0.667. The van der Waals surface area contributed by atoms with Gasteiger partial charge in [-0.1, -0.05) is 6.92 Å². The highest BCUT2D eigenvalue weighted by Gasteiger charge is 1.91. The quantitative estimate of drug-likeness (QED) is 0.551. The van der Waals surface area contributed by atoms with E-state index in [-0.39, 0.29) is 12.8 Å². The third-order valence-electron chi connectivity index (χ3n) is 0.476. The highest BCUT2D eigenvalue weighted by atomic mass is 16.4. The van der Waals surface area contributed by atoms with Crippen LogP contribution in [0.5, 0.6) is 0 Å². The summed E-state index contributed by atoms with van der Waals surface area (Å²) in [6.07, 6.45) is 0.660. The van der Waals surface area contributed by atoms with Crippen molar-refractivity contribution >= 4 is 12.3 Å². The lowest BCUT2D eigenvalue weighted by molar-refractivity contribution is -0.137. The molecule has 0 fully saturated rings. The van der Waals surface area contributed by atoms with Gasteiger partial charge in [0.2, 0.25) is 0 Å². The maximum atomic E-state index is 9.60. The molecule has 0 aromatic heterocycles. The molecule has 4 heteroatoms. The first-order chi connectivity index (χ1) is 4.68. The highest BCUT2D eigenvalue weighted by molar-refractivity contribution is 5.70. The van der Waals surface area contributed by atoms with E-state index in [0.717, 1.165) is 6.54 Å². The molecular weight excluding hydrogens is 134 g/mol. The van der Waals surface area contributed by atoms with Crippen molar-refractivity contribution in [3.05, 3.63) is 0 Å². The van der Waals surface area contributed by atoms with E-state index in [0.29, 0.717) is 6.29 Å². The van der Waals surface area contributed by atoms with Crippen molar-refractivity contribution in [1.82, 2.24) is 0 Å². The summed E-state index contributed by atoms with van der Waals surface area (Å²) in [5.41, 5.74) is 4.85. The predicted molar refractivity (Wildman–Crippen MR) is 37.7 cm³/mol. The summed E-state index contributed by atoms with van der Waals surface area (Å²) in [7, 11) is 0. The SMILES string of the molecule is CCN.O=CCCC(=O)O. The Balaban J connectivity index is 0. The van der Waals surface area contributed by atoms with Crippen molar-refractivity contribution in [2.45, 2.75) is 19.8 Å². The minimum absolute atomic E-state index is 0.0521. The Morgan fingerprint density at radius 2 is 2.10 bits per heavy atom.